The largest absolute Gasteiger partial charge is 0.311 e. The number of sulfonamides is 1. The van der Waals surface area contributed by atoms with Crippen molar-refractivity contribution in [2.24, 2.45) is 0 Å². The number of thiazole rings is 1. The van der Waals surface area contributed by atoms with Crippen molar-refractivity contribution in [3.63, 3.8) is 0 Å². The van der Waals surface area contributed by atoms with Gasteiger partial charge in [-0.05, 0) is 30.7 Å². The number of nitrogens with one attached hydrogen (secondary N) is 2. The molecular formula is C13H14ClN3O2S2. The van der Waals surface area contributed by atoms with Crippen LogP contribution < -0.4 is 10.0 Å². The quantitative estimate of drug-likeness (QED) is 0.898. The number of halogens is 1. The number of aryl methyl sites for hydroxylation is 1. The molecule has 2 N–H and O–H groups in total. The first kappa shape index (κ1) is 14.8. The molecule has 0 saturated carbocycles. The summed E-state index contributed by atoms with van der Waals surface area (Å²) in [5.41, 5.74) is 1.59. The Kier molecular flexibility index (Phi) is 3.92. The first-order valence-corrected chi connectivity index (χ1v) is 9.12. The second kappa shape index (κ2) is 5.57. The Balaban J connectivity index is 1.90. The van der Waals surface area contributed by atoms with Gasteiger partial charge in [-0.3, -0.25) is 4.72 Å². The van der Waals surface area contributed by atoms with Crippen molar-refractivity contribution in [3.8, 4) is 0 Å². The Morgan fingerprint density at radius 1 is 1.43 bits per heavy atom. The molecule has 2 aromatic rings. The van der Waals surface area contributed by atoms with Crippen molar-refractivity contribution in [1.29, 1.82) is 0 Å². The molecular weight excluding hydrogens is 330 g/mol. The van der Waals surface area contributed by atoms with Gasteiger partial charge in [-0.25, -0.2) is 13.4 Å². The van der Waals surface area contributed by atoms with Gasteiger partial charge < -0.3 is 5.32 Å². The van der Waals surface area contributed by atoms with E-state index < -0.39 is 10.0 Å². The fourth-order valence-electron chi connectivity index (χ4n) is 2.25. The number of fused-ring (bicyclic) bond motifs is 1. The molecule has 1 aromatic heterocycles. The number of hydrogen-bond acceptors (Lipinski definition) is 5. The highest BCUT2D eigenvalue weighted by molar-refractivity contribution is 7.93. The van der Waals surface area contributed by atoms with Crippen molar-refractivity contribution >= 4 is 38.1 Å². The molecule has 112 valence electrons. The minimum atomic E-state index is -3.64. The van der Waals surface area contributed by atoms with E-state index in [0.717, 1.165) is 30.1 Å². The highest BCUT2D eigenvalue weighted by atomic mass is 35.5. The standard InChI is InChI=1S/C13H14ClN3O2S2/c1-8-6-9(14)2-3-12(8)21(18,19)17-13-16-10-4-5-15-7-11(10)20-13/h2-3,6,15H,4-5,7H2,1H3,(H,16,17). The number of aromatic nitrogens is 1. The van der Waals surface area contributed by atoms with Crippen LogP contribution in [0.2, 0.25) is 5.02 Å². The Morgan fingerprint density at radius 2 is 2.24 bits per heavy atom. The van der Waals surface area contributed by atoms with Gasteiger partial charge >= 0.3 is 0 Å². The second-order valence-electron chi connectivity index (χ2n) is 4.83. The zero-order chi connectivity index (χ0) is 15.0. The Morgan fingerprint density at radius 3 is 2.95 bits per heavy atom. The van der Waals surface area contributed by atoms with Crippen molar-refractivity contribution in [2.45, 2.75) is 24.8 Å². The molecule has 0 aliphatic carbocycles. The zero-order valence-corrected chi connectivity index (χ0v) is 13.7. The summed E-state index contributed by atoms with van der Waals surface area (Å²) in [5, 5.41) is 4.17. The third-order valence-electron chi connectivity index (χ3n) is 3.25. The van der Waals surface area contributed by atoms with E-state index in [1.165, 1.54) is 17.4 Å². The van der Waals surface area contributed by atoms with Crippen LogP contribution in [0.4, 0.5) is 5.13 Å². The monoisotopic (exact) mass is 343 g/mol. The van der Waals surface area contributed by atoms with Crippen LogP contribution in [0.3, 0.4) is 0 Å². The highest BCUT2D eigenvalue weighted by Gasteiger charge is 2.21. The summed E-state index contributed by atoms with van der Waals surface area (Å²) in [6.07, 6.45) is 0.827. The van der Waals surface area contributed by atoms with Crippen molar-refractivity contribution in [1.82, 2.24) is 10.3 Å². The molecule has 3 rings (SSSR count). The number of nitrogens with zero attached hydrogens (tertiary/aromatic N) is 1. The average Bonchev–Trinajstić information content (AvgIpc) is 2.79. The zero-order valence-electron chi connectivity index (χ0n) is 11.3. The van der Waals surface area contributed by atoms with E-state index in [-0.39, 0.29) is 4.90 Å². The molecule has 0 saturated heterocycles. The predicted octanol–water partition coefficient (Wildman–Crippen LogP) is 2.55. The number of benzene rings is 1. The van der Waals surface area contributed by atoms with Gasteiger partial charge in [0.15, 0.2) is 5.13 Å². The highest BCUT2D eigenvalue weighted by Crippen LogP contribution is 2.28. The van der Waals surface area contributed by atoms with E-state index in [1.54, 1.807) is 19.1 Å². The van der Waals surface area contributed by atoms with Crippen LogP contribution in [0.1, 0.15) is 16.1 Å². The lowest BCUT2D eigenvalue weighted by molar-refractivity contribution is 0.600. The minimum Gasteiger partial charge on any atom is -0.311 e. The van der Waals surface area contributed by atoms with Crippen LogP contribution in [-0.2, 0) is 23.0 Å². The molecule has 2 heterocycles. The molecule has 0 amide bonds. The minimum absolute atomic E-state index is 0.221. The van der Waals surface area contributed by atoms with Crippen molar-refractivity contribution in [3.05, 3.63) is 39.4 Å². The van der Waals surface area contributed by atoms with Gasteiger partial charge in [0.25, 0.3) is 10.0 Å². The molecule has 0 fully saturated rings. The number of hydrogen-bond donors (Lipinski definition) is 2. The van der Waals surface area contributed by atoms with Gasteiger partial charge in [-0.15, -0.1) is 0 Å². The van der Waals surface area contributed by atoms with Gasteiger partial charge in [-0.1, -0.05) is 22.9 Å². The fourth-order valence-corrected chi connectivity index (χ4v) is 4.92. The molecule has 0 bridgehead atoms. The second-order valence-corrected chi connectivity index (χ2v) is 8.00. The van der Waals surface area contributed by atoms with E-state index >= 15 is 0 Å². The first-order chi connectivity index (χ1) is 9.95. The van der Waals surface area contributed by atoms with E-state index in [9.17, 15) is 8.42 Å². The van der Waals surface area contributed by atoms with Gasteiger partial charge in [0.1, 0.15) is 0 Å². The summed E-state index contributed by atoms with van der Waals surface area (Å²) >= 11 is 7.24. The Bertz CT molecular complexity index is 763. The molecule has 1 aromatic carbocycles. The van der Waals surface area contributed by atoms with Crippen LogP contribution in [0.15, 0.2) is 23.1 Å². The van der Waals surface area contributed by atoms with Crippen molar-refractivity contribution < 1.29 is 8.42 Å². The third-order valence-corrected chi connectivity index (χ3v) is 6.13. The van der Waals surface area contributed by atoms with E-state index in [0.29, 0.717) is 15.7 Å². The maximum Gasteiger partial charge on any atom is 0.263 e. The molecule has 5 nitrogen and oxygen atoms in total. The fraction of sp³-hybridized carbons (Fsp3) is 0.308. The van der Waals surface area contributed by atoms with E-state index in [1.807, 2.05) is 0 Å². The molecule has 21 heavy (non-hydrogen) atoms. The van der Waals surface area contributed by atoms with Crippen LogP contribution in [0.5, 0.6) is 0 Å². The summed E-state index contributed by atoms with van der Waals surface area (Å²) in [7, 11) is -3.64. The molecule has 1 aliphatic rings. The van der Waals surface area contributed by atoms with Gasteiger partial charge in [0.05, 0.1) is 10.6 Å². The smallest absolute Gasteiger partial charge is 0.263 e. The lowest BCUT2D eigenvalue weighted by atomic mass is 10.2. The van der Waals surface area contributed by atoms with Crippen LogP contribution >= 0.6 is 22.9 Å². The number of rotatable bonds is 3. The molecule has 1 aliphatic heterocycles. The normalized spacial score (nSPS) is 14.8. The predicted molar refractivity (Wildman–Crippen MR) is 84.5 cm³/mol. The Hall–Kier alpha value is -1.15. The Labute approximate surface area is 132 Å². The average molecular weight is 344 g/mol. The van der Waals surface area contributed by atoms with Gasteiger partial charge in [0.2, 0.25) is 0 Å². The molecule has 0 unspecified atom stereocenters. The lowest BCUT2D eigenvalue weighted by Crippen LogP contribution is -2.22. The van der Waals surface area contributed by atoms with Crippen LogP contribution in [0, 0.1) is 6.92 Å². The topological polar surface area (TPSA) is 71.1 Å². The van der Waals surface area contributed by atoms with Crippen molar-refractivity contribution in [2.75, 3.05) is 11.3 Å². The number of anilines is 1. The summed E-state index contributed by atoms with van der Waals surface area (Å²) < 4.78 is 27.4. The van der Waals surface area contributed by atoms with Crippen LogP contribution in [0.25, 0.3) is 0 Å². The van der Waals surface area contributed by atoms with E-state index in [4.69, 9.17) is 11.6 Å². The van der Waals surface area contributed by atoms with Gasteiger partial charge in [0, 0.05) is 29.4 Å². The third kappa shape index (κ3) is 3.06. The summed E-state index contributed by atoms with van der Waals surface area (Å²) in [6, 6.07) is 4.71. The lowest BCUT2D eigenvalue weighted by Gasteiger charge is -2.09. The molecule has 0 atom stereocenters. The summed E-state index contributed by atoms with van der Waals surface area (Å²) in [5.74, 6) is 0. The maximum atomic E-state index is 12.4. The van der Waals surface area contributed by atoms with Gasteiger partial charge in [-0.2, -0.15) is 0 Å². The summed E-state index contributed by atoms with van der Waals surface area (Å²) in [4.78, 5) is 5.68. The summed E-state index contributed by atoms with van der Waals surface area (Å²) in [6.45, 7) is 3.34. The SMILES string of the molecule is Cc1cc(Cl)ccc1S(=O)(=O)Nc1nc2c(s1)CNCC2. The van der Waals surface area contributed by atoms with Crippen LogP contribution in [-0.4, -0.2) is 19.9 Å². The molecule has 0 spiro atoms. The molecule has 8 heteroatoms. The first-order valence-electron chi connectivity index (χ1n) is 6.44. The van der Waals surface area contributed by atoms with E-state index in [2.05, 4.69) is 15.0 Å². The molecule has 0 radical (unpaired) electrons. The maximum absolute atomic E-state index is 12.4.